The maximum absolute atomic E-state index is 6.36. The third kappa shape index (κ3) is 3.60. The molecule has 0 aliphatic carbocycles. The lowest BCUT2D eigenvalue weighted by molar-refractivity contribution is 0.760. The lowest BCUT2D eigenvalue weighted by atomic mass is 9.99. The summed E-state index contributed by atoms with van der Waals surface area (Å²) in [7, 11) is 0. The average Bonchev–Trinajstić information content (AvgIpc) is 3.27. The molecule has 0 fully saturated rings. The van der Waals surface area contributed by atoms with Gasteiger partial charge in [-0.1, -0.05) is 23.2 Å². The van der Waals surface area contributed by atoms with Gasteiger partial charge in [0.15, 0.2) is 5.13 Å². The zero-order valence-electron chi connectivity index (χ0n) is 13.3. The molecule has 4 rings (SSSR count). The fourth-order valence-electron chi connectivity index (χ4n) is 2.84. The fourth-order valence-corrected chi connectivity index (χ4v) is 4.98. The highest BCUT2D eigenvalue weighted by Crippen LogP contribution is 2.37. The standard InChI is InChI=1S/C16H15Cl2N5S2/c1-8-13(24-7-22-8)6-21-16-23-14(18)12(25-16)2-9-4-19-15-11(9)3-10(17)5-20-15/h3,5,7,9H,2,4,6H2,1H3,(H,19,20)(H,21,23). The Morgan fingerprint density at radius 2 is 2.20 bits per heavy atom. The lowest BCUT2D eigenvalue weighted by Crippen LogP contribution is -2.04. The number of pyridine rings is 1. The molecule has 0 bridgehead atoms. The van der Waals surface area contributed by atoms with Crippen LogP contribution in [-0.4, -0.2) is 21.5 Å². The summed E-state index contributed by atoms with van der Waals surface area (Å²) in [6, 6.07) is 1.98. The van der Waals surface area contributed by atoms with Crippen LogP contribution < -0.4 is 10.6 Å². The number of nitrogens with zero attached hydrogens (tertiary/aromatic N) is 3. The first-order valence-corrected chi connectivity index (χ1v) is 10.2. The number of aryl methyl sites for hydroxylation is 1. The van der Waals surface area contributed by atoms with Crippen molar-refractivity contribution in [2.75, 3.05) is 17.2 Å². The summed E-state index contributed by atoms with van der Waals surface area (Å²) in [4.78, 5) is 15.3. The molecule has 25 heavy (non-hydrogen) atoms. The summed E-state index contributed by atoms with van der Waals surface area (Å²) in [6.45, 7) is 3.56. The summed E-state index contributed by atoms with van der Waals surface area (Å²) in [6.07, 6.45) is 2.48. The fraction of sp³-hybridized carbons (Fsp3) is 0.312. The van der Waals surface area contributed by atoms with Crippen molar-refractivity contribution in [1.29, 1.82) is 0 Å². The Morgan fingerprint density at radius 3 is 3.00 bits per heavy atom. The molecule has 0 radical (unpaired) electrons. The van der Waals surface area contributed by atoms with Crippen LogP contribution in [0.3, 0.4) is 0 Å². The van der Waals surface area contributed by atoms with E-state index in [4.69, 9.17) is 23.2 Å². The van der Waals surface area contributed by atoms with Crippen LogP contribution in [-0.2, 0) is 13.0 Å². The van der Waals surface area contributed by atoms with Gasteiger partial charge < -0.3 is 10.6 Å². The van der Waals surface area contributed by atoms with E-state index in [0.29, 0.717) is 22.6 Å². The molecule has 9 heteroatoms. The molecule has 0 aromatic carbocycles. The topological polar surface area (TPSA) is 62.7 Å². The number of aromatic nitrogens is 3. The second-order valence-corrected chi connectivity index (χ2v) is 8.64. The minimum absolute atomic E-state index is 0.302. The van der Waals surface area contributed by atoms with Gasteiger partial charge in [0.2, 0.25) is 0 Å². The van der Waals surface area contributed by atoms with Crippen molar-refractivity contribution in [3.8, 4) is 0 Å². The number of thiazole rings is 2. The van der Waals surface area contributed by atoms with Crippen LogP contribution in [0.2, 0.25) is 10.2 Å². The summed E-state index contributed by atoms with van der Waals surface area (Å²) in [5.74, 6) is 1.21. The van der Waals surface area contributed by atoms with Gasteiger partial charge in [-0.25, -0.2) is 15.0 Å². The second-order valence-electron chi connectivity index (χ2n) is 5.82. The van der Waals surface area contributed by atoms with E-state index in [0.717, 1.165) is 40.0 Å². The molecular formula is C16H15Cl2N5S2. The van der Waals surface area contributed by atoms with Gasteiger partial charge in [-0.3, -0.25) is 0 Å². The van der Waals surface area contributed by atoms with Crippen LogP contribution in [0, 0.1) is 6.92 Å². The van der Waals surface area contributed by atoms with Crippen molar-refractivity contribution in [3.05, 3.63) is 49.0 Å². The van der Waals surface area contributed by atoms with Crippen molar-refractivity contribution in [1.82, 2.24) is 15.0 Å². The van der Waals surface area contributed by atoms with E-state index in [1.807, 2.05) is 18.5 Å². The van der Waals surface area contributed by atoms with Gasteiger partial charge in [0, 0.05) is 34.0 Å². The first kappa shape index (κ1) is 17.0. The highest BCUT2D eigenvalue weighted by Gasteiger charge is 2.26. The number of anilines is 2. The largest absolute Gasteiger partial charge is 0.369 e. The molecule has 1 unspecified atom stereocenters. The molecule has 0 spiro atoms. The predicted molar refractivity (Wildman–Crippen MR) is 105 cm³/mol. The molecule has 2 N–H and O–H groups in total. The molecule has 3 aromatic rings. The van der Waals surface area contributed by atoms with Gasteiger partial charge in [-0.2, -0.15) is 0 Å². The smallest absolute Gasteiger partial charge is 0.184 e. The van der Waals surface area contributed by atoms with E-state index in [-0.39, 0.29) is 0 Å². The number of fused-ring (bicyclic) bond motifs is 1. The summed E-state index contributed by atoms with van der Waals surface area (Å²) >= 11 is 15.7. The molecule has 1 atom stereocenters. The van der Waals surface area contributed by atoms with E-state index in [2.05, 4.69) is 25.6 Å². The maximum Gasteiger partial charge on any atom is 0.184 e. The Labute approximate surface area is 163 Å². The van der Waals surface area contributed by atoms with Gasteiger partial charge in [0.25, 0.3) is 0 Å². The van der Waals surface area contributed by atoms with Gasteiger partial charge in [0.1, 0.15) is 11.0 Å². The van der Waals surface area contributed by atoms with Crippen LogP contribution in [0.1, 0.15) is 26.9 Å². The molecule has 0 amide bonds. The van der Waals surface area contributed by atoms with Crippen LogP contribution in [0.25, 0.3) is 0 Å². The predicted octanol–water partition coefficient (Wildman–Crippen LogP) is 4.97. The monoisotopic (exact) mass is 411 g/mol. The first-order valence-electron chi connectivity index (χ1n) is 7.77. The zero-order valence-corrected chi connectivity index (χ0v) is 16.5. The third-order valence-corrected chi connectivity index (χ3v) is 6.77. The Kier molecular flexibility index (Phi) is 4.82. The zero-order chi connectivity index (χ0) is 17.4. The van der Waals surface area contributed by atoms with Crippen LogP contribution in [0.5, 0.6) is 0 Å². The molecule has 1 aliphatic rings. The second kappa shape index (κ2) is 7.07. The van der Waals surface area contributed by atoms with E-state index < -0.39 is 0 Å². The van der Waals surface area contributed by atoms with Crippen LogP contribution >= 0.6 is 45.9 Å². The summed E-state index contributed by atoms with van der Waals surface area (Å²) in [5.41, 5.74) is 4.06. The van der Waals surface area contributed by atoms with Crippen molar-refractivity contribution in [2.24, 2.45) is 0 Å². The maximum atomic E-state index is 6.36. The number of hydrogen-bond acceptors (Lipinski definition) is 7. The number of halogens is 2. The van der Waals surface area contributed by atoms with Gasteiger partial charge in [-0.05, 0) is 19.4 Å². The Bertz CT molecular complexity index is 908. The van der Waals surface area contributed by atoms with Crippen LogP contribution in [0.4, 0.5) is 10.9 Å². The Balaban J connectivity index is 1.47. The highest BCUT2D eigenvalue weighted by molar-refractivity contribution is 7.16. The molecule has 130 valence electrons. The molecule has 5 nitrogen and oxygen atoms in total. The summed E-state index contributed by atoms with van der Waals surface area (Å²) < 4.78 is 0. The van der Waals surface area contributed by atoms with E-state index in [9.17, 15) is 0 Å². The van der Waals surface area contributed by atoms with Crippen molar-refractivity contribution < 1.29 is 0 Å². The van der Waals surface area contributed by atoms with Crippen molar-refractivity contribution in [2.45, 2.75) is 25.8 Å². The van der Waals surface area contributed by atoms with Crippen molar-refractivity contribution >= 4 is 56.8 Å². The number of hydrogen-bond donors (Lipinski definition) is 2. The molecule has 4 heterocycles. The van der Waals surface area contributed by atoms with Gasteiger partial charge in [-0.15, -0.1) is 22.7 Å². The van der Waals surface area contributed by atoms with E-state index >= 15 is 0 Å². The minimum Gasteiger partial charge on any atom is -0.369 e. The van der Waals surface area contributed by atoms with Gasteiger partial charge >= 0.3 is 0 Å². The van der Waals surface area contributed by atoms with E-state index in [1.54, 1.807) is 28.9 Å². The molecule has 1 aliphatic heterocycles. The number of rotatable bonds is 5. The summed E-state index contributed by atoms with van der Waals surface area (Å²) in [5, 5.41) is 8.73. The number of nitrogens with one attached hydrogen (secondary N) is 2. The third-order valence-electron chi connectivity index (χ3n) is 4.17. The average molecular weight is 412 g/mol. The molecule has 0 saturated carbocycles. The highest BCUT2D eigenvalue weighted by atomic mass is 35.5. The Hall–Kier alpha value is -1.41. The lowest BCUT2D eigenvalue weighted by Gasteiger charge is -2.08. The quantitative estimate of drug-likeness (QED) is 0.619. The van der Waals surface area contributed by atoms with Gasteiger partial charge in [0.05, 0.1) is 22.8 Å². The minimum atomic E-state index is 0.302. The first-order chi connectivity index (χ1) is 12.1. The van der Waals surface area contributed by atoms with Crippen molar-refractivity contribution in [3.63, 3.8) is 0 Å². The van der Waals surface area contributed by atoms with Crippen LogP contribution in [0.15, 0.2) is 17.8 Å². The molecule has 0 saturated heterocycles. The van der Waals surface area contributed by atoms with E-state index in [1.165, 1.54) is 4.88 Å². The molecular weight excluding hydrogens is 397 g/mol. The Morgan fingerprint density at radius 1 is 1.32 bits per heavy atom. The molecule has 3 aromatic heterocycles. The normalized spacial score (nSPS) is 15.9. The SMILES string of the molecule is Cc1ncsc1CNc1nc(Cl)c(CC2CNc3ncc(Cl)cc32)s1.